The van der Waals surface area contributed by atoms with Crippen LogP contribution >= 0.6 is 12.2 Å². The molecule has 0 radical (unpaired) electrons. The van der Waals surface area contributed by atoms with Crippen molar-refractivity contribution in [2.75, 3.05) is 12.0 Å². The number of anilines is 1. The topological polar surface area (TPSA) is 53.1 Å². The molecule has 122 valence electrons. The molecule has 0 saturated carbocycles. The van der Waals surface area contributed by atoms with Gasteiger partial charge in [-0.1, -0.05) is 37.3 Å². The molecule has 1 atom stereocenters. The van der Waals surface area contributed by atoms with Gasteiger partial charge in [-0.3, -0.25) is 14.7 Å². The van der Waals surface area contributed by atoms with Crippen molar-refractivity contribution in [3.8, 4) is 0 Å². The van der Waals surface area contributed by atoms with Crippen molar-refractivity contribution in [1.29, 1.82) is 0 Å². The van der Waals surface area contributed by atoms with E-state index in [1.165, 1.54) is 0 Å². The molecule has 5 nitrogen and oxygen atoms in total. The van der Waals surface area contributed by atoms with E-state index in [9.17, 15) is 4.79 Å². The number of fused-ring (bicyclic) bond motifs is 1. The fourth-order valence-electron chi connectivity index (χ4n) is 2.88. The molecule has 1 unspecified atom stereocenters. The second-order valence-corrected chi connectivity index (χ2v) is 6.38. The van der Waals surface area contributed by atoms with E-state index >= 15 is 0 Å². The lowest BCUT2D eigenvalue weighted by Gasteiger charge is -2.34. The first kappa shape index (κ1) is 16.0. The average Bonchev–Trinajstić information content (AvgIpc) is 2.58. The molecule has 0 bridgehead atoms. The van der Waals surface area contributed by atoms with Crippen LogP contribution in [-0.2, 0) is 13.1 Å². The molecule has 1 aromatic heterocycles. The Morgan fingerprint density at radius 1 is 1.30 bits per heavy atom. The summed E-state index contributed by atoms with van der Waals surface area (Å²) >= 11 is 5.38. The number of nitrogens with one attached hydrogen (secondary N) is 2. The Balaban J connectivity index is 2.00. The van der Waals surface area contributed by atoms with Crippen LogP contribution in [0.4, 0.5) is 5.82 Å². The molecular formula is C17H22N4OS. The van der Waals surface area contributed by atoms with Gasteiger partial charge in [0.15, 0.2) is 4.77 Å². The fraction of sp³-hybridized carbons (Fsp3) is 0.412. The van der Waals surface area contributed by atoms with Gasteiger partial charge in [0.05, 0.1) is 18.8 Å². The third-order valence-corrected chi connectivity index (χ3v) is 4.83. The molecule has 0 saturated heterocycles. The van der Waals surface area contributed by atoms with Crippen molar-refractivity contribution in [2.24, 2.45) is 0 Å². The van der Waals surface area contributed by atoms with Crippen LogP contribution in [-0.4, -0.2) is 27.2 Å². The molecule has 0 fully saturated rings. The molecule has 2 aromatic rings. The Morgan fingerprint density at radius 2 is 2.04 bits per heavy atom. The van der Waals surface area contributed by atoms with Gasteiger partial charge in [0.25, 0.3) is 5.56 Å². The smallest absolute Gasteiger partial charge is 0.258 e. The third kappa shape index (κ3) is 3.23. The minimum absolute atomic E-state index is 0.0881. The average molecular weight is 330 g/mol. The van der Waals surface area contributed by atoms with E-state index < -0.39 is 0 Å². The third-order valence-electron chi connectivity index (χ3n) is 4.50. The van der Waals surface area contributed by atoms with E-state index in [4.69, 9.17) is 12.2 Å². The zero-order valence-corrected chi connectivity index (χ0v) is 14.3. The van der Waals surface area contributed by atoms with Gasteiger partial charge < -0.3 is 9.88 Å². The maximum atomic E-state index is 12.3. The Labute approximate surface area is 141 Å². The molecule has 1 aliphatic heterocycles. The summed E-state index contributed by atoms with van der Waals surface area (Å²) in [6, 6.07) is 10.6. The van der Waals surface area contributed by atoms with Crippen molar-refractivity contribution < 1.29 is 0 Å². The standard InChI is InChI=1S/C17H22N4OS/c1-3-12(2)20-10-14-15(18-11-20)21(17(23)19-16(14)22)9-13-7-5-4-6-8-13/h4-8,12,18H,3,9-11H2,1-2H3,(H,19,22,23). The van der Waals surface area contributed by atoms with Crippen molar-refractivity contribution in [1.82, 2.24) is 14.5 Å². The van der Waals surface area contributed by atoms with Crippen LogP contribution in [0.3, 0.4) is 0 Å². The predicted octanol–water partition coefficient (Wildman–Crippen LogP) is 2.94. The van der Waals surface area contributed by atoms with Crippen LogP contribution in [0.25, 0.3) is 0 Å². The highest BCUT2D eigenvalue weighted by atomic mass is 32.1. The van der Waals surface area contributed by atoms with Gasteiger partial charge in [0, 0.05) is 12.6 Å². The van der Waals surface area contributed by atoms with E-state index in [2.05, 4.69) is 41.2 Å². The van der Waals surface area contributed by atoms with Gasteiger partial charge in [-0.2, -0.15) is 0 Å². The molecule has 3 rings (SSSR count). The van der Waals surface area contributed by atoms with Crippen LogP contribution in [0.2, 0.25) is 0 Å². The molecular weight excluding hydrogens is 308 g/mol. The molecule has 1 aliphatic rings. The first-order valence-corrected chi connectivity index (χ1v) is 8.38. The number of H-pyrrole nitrogens is 1. The van der Waals surface area contributed by atoms with Crippen LogP contribution in [0.5, 0.6) is 0 Å². The van der Waals surface area contributed by atoms with Gasteiger partial charge in [0.1, 0.15) is 5.82 Å². The van der Waals surface area contributed by atoms with E-state index in [1.54, 1.807) is 0 Å². The summed E-state index contributed by atoms with van der Waals surface area (Å²) in [5.41, 5.74) is 1.83. The number of benzene rings is 1. The highest BCUT2D eigenvalue weighted by Crippen LogP contribution is 2.22. The lowest BCUT2D eigenvalue weighted by Crippen LogP contribution is -2.43. The molecule has 1 aromatic carbocycles. The molecule has 0 spiro atoms. The van der Waals surface area contributed by atoms with E-state index in [-0.39, 0.29) is 5.56 Å². The first-order valence-electron chi connectivity index (χ1n) is 7.98. The van der Waals surface area contributed by atoms with Gasteiger partial charge in [-0.15, -0.1) is 0 Å². The lowest BCUT2D eigenvalue weighted by atomic mass is 10.1. The number of hydrogen-bond acceptors (Lipinski definition) is 4. The summed E-state index contributed by atoms with van der Waals surface area (Å²) in [7, 11) is 0. The molecule has 23 heavy (non-hydrogen) atoms. The number of nitrogens with zero attached hydrogens (tertiary/aromatic N) is 2. The van der Waals surface area contributed by atoms with Crippen molar-refractivity contribution >= 4 is 18.0 Å². The number of aromatic nitrogens is 2. The lowest BCUT2D eigenvalue weighted by molar-refractivity contribution is 0.200. The summed E-state index contributed by atoms with van der Waals surface area (Å²) in [6.45, 7) is 6.37. The summed E-state index contributed by atoms with van der Waals surface area (Å²) in [6.07, 6.45) is 1.05. The summed E-state index contributed by atoms with van der Waals surface area (Å²) < 4.78 is 2.44. The Kier molecular flexibility index (Phi) is 4.63. The number of rotatable bonds is 4. The highest BCUT2D eigenvalue weighted by Gasteiger charge is 2.24. The first-order chi connectivity index (χ1) is 11.1. The molecule has 2 heterocycles. The zero-order valence-electron chi connectivity index (χ0n) is 13.5. The minimum Gasteiger partial charge on any atom is -0.358 e. The van der Waals surface area contributed by atoms with Crippen LogP contribution < -0.4 is 10.9 Å². The Hall–Kier alpha value is -1.92. The monoisotopic (exact) mass is 330 g/mol. The van der Waals surface area contributed by atoms with E-state index in [0.29, 0.717) is 23.9 Å². The minimum atomic E-state index is -0.0881. The van der Waals surface area contributed by atoms with Crippen LogP contribution in [0.1, 0.15) is 31.4 Å². The van der Waals surface area contributed by atoms with Gasteiger partial charge in [-0.25, -0.2) is 0 Å². The van der Waals surface area contributed by atoms with Crippen molar-refractivity contribution in [3.05, 3.63) is 56.6 Å². The number of hydrogen-bond donors (Lipinski definition) is 2. The van der Waals surface area contributed by atoms with Crippen molar-refractivity contribution in [2.45, 2.75) is 39.4 Å². The second kappa shape index (κ2) is 6.68. The molecule has 6 heteroatoms. The van der Waals surface area contributed by atoms with Crippen LogP contribution in [0, 0.1) is 4.77 Å². The Bertz CT molecular complexity index is 796. The van der Waals surface area contributed by atoms with Gasteiger partial charge in [-0.05, 0) is 31.1 Å². The SMILES string of the molecule is CCC(C)N1CNc2c(c(=O)[nH]c(=S)n2Cc2ccccc2)C1. The predicted molar refractivity (Wildman–Crippen MR) is 95.2 cm³/mol. The second-order valence-electron chi connectivity index (χ2n) is 6.00. The van der Waals surface area contributed by atoms with E-state index in [0.717, 1.165) is 30.0 Å². The van der Waals surface area contributed by atoms with Gasteiger partial charge in [0.2, 0.25) is 0 Å². The maximum Gasteiger partial charge on any atom is 0.258 e. The Morgan fingerprint density at radius 3 is 2.74 bits per heavy atom. The fourth-order valence-corrected chi connectivity index (χ4v) is 3.13. The summed E-state index contributed by atoms with van der Waals surface area (Å²) in [5.74, 6) is 0.849. The van der Waals surface area contributed by atoms with Gasteiger partial charge >= 0.3 is 0 Å². The largest absolute Gasteiger partial charge is 0.358 e. The highest BCUT2D eigenvalue weighted by molar-refractivity contribution is 7.71. The number of aromatic amines is 1. The summed E-state index contributed by atoms with van der Waals surface area (Å²) in [5, 5.41) is 3.40. The van der Waals surface area contributed by atoms with Crippen molar-refractivity contribution in [3.63, 3.8) is 0 Å². The maximum absolute atomic E-state index is 12.3. The molecule has 2 N–H and O–H groups in total. The normalized spacial score (nSPS) is 15.7. The zero-order chi connectivity index (χ0) is 16.4. The molecule has 0 amide bonds. The molecule has 0 aliphatic carbocycles. The van der Waals surface area contributed by atoms with E-state index in [1.807, 2.05) is 22.8 Å². The van der Waals surface area contributed by atoms with Crippen LogP contribution in [0.15, 0.2) is 35.1 Å². The quantitative estimate of drug-likeness (QED) is 0.847. The summed E-state index contributed by atoms with van der Waals surface area (Å²) in [4.78, 5) is 17.4.